The summed E-state index contributed by atoms with van der Waals surface area (Å²) in [5, 5.41) is 10.2. The molecule has 0 spiro atoms. The molecule has 0 aromatic heterocycles. The van der Waals surface area contributed by atoms with Crippen LogP contribution >= 0.6 is 0 Å². The fourth-order valence-electron chi connectivity index (χ4n) is 3.84. The van der Waals surface area contributed by atoms with E-state index in [9.17, 15) is 5.11 Å². The van der Waals surface area contributed by atoms with Crippen molar-refractivity contribution in [1.82, 2.24) is 0 Å². The molecule has 0 heterocycles. The lowest BCUT2D eigenvalue weighted by atomic mass is 10.0. The zero-order chi connectivity index (χ0) is 24.6. The molecule has 0 aliphatic heterocycles. The van der Waals surface area contributed by atoms with E-state index in [4.69, 9.17) is 14.2 Å². The van der Waals surface area contributed by atoms with E-state index in [1.54, 1.807) is 0 Å². The van der Waals surface area contributed by atoms with Gasteiger partial charge in [-0.25, -0.2) is 0 Å². The third-order valence-electron chi connectivity index (χ3n) is 6.14. The molecule has 0 radical (unpaired) electrons. The van der Waals surface area contributed by atoms with E-state index in [0.29, 0.717) is 19.8 Å². The molecule has 2 unspecified atom stereocenters. The van der Waals surface area contributed by atoms with Gasteiger partial charge in [0.2, 0.25) is 0 Å². The third-order valence-corrected chi connectivity index (χ3v) is 6.14. The van der Waals surface area contributed by atoms with Gasteiger partial charge in [-0.1, -0.05) is 104 Å². The number of hydrogen-bond donors (Lipinski definition) is 1. The highest BCUT2D eigenvalue weighted by Gasteiger charge is 2.11. The van der Waals surface area contributed by atoms with Gasteiger partial charge in [0.15, 0.2) is 6.29 Å². The van der Waals surface area contributed by atoms with Crippen molar-refractivity contribution in [2.24, 2.45) is 0 Å². The van der Waals surface area contributed by atoms with Crippen LogP contribution in [0.5, 0.6) is 0 Å². The van der Waals surface area contributed by atoms with Crippen molar-refractivity contribution in [2.45, 2.75) is 129 Å². The Morgan fingerprint density at radius 2 is 1.15 bits per heavy atom. The first-order valence-corrected chi connectivity index (χ1v) is 14.2. The SMILES string of the molecule is CCCCCCCCCCCCCCCCC(O)COC(CC)OCCOCC[N+](C)(C)C.[Cl-]. The maximum Gasteiger partial charge on any atom is 0.157 e. The summed E-state index contributed by atoms with van der Waals surface area (Å²) >= 11 is 0. The minimum Gasteiger partial charge on any atom is -1.00 e. The average molecular weight is 510 g/mol. The summed E-state index contributed by atoms with van der Waals surface area (Å²) in [4.78, 5) is 0. The van der Waals surface area contributed by atoms with Gasteiger partial charge in [-0.05, 0) is 12.8 Å². The Bertz CT molecular complexity index is 393. The van der Waals surface area contributed by atoms with Gasteiger partial charge in [0.1, 0.15) is 6.54 Å². The van der Waals surface area contributed by atoms with Crippen LogP contribution in [0.3, 0.4) is 0 Å². The second-order valence-electron chi connectivity index (χ2n) is 10.7. The van der Waals surface area contributed by atoms with Gasteiger partial charge in [0.25, 0.3) is 0 Å². The minimum atomic E-state index is -0.388. The lowest BCUT2D eigenvalue weighted by Gasteiger charge is -2.23. The molecule has 5 nitrogen and oxygen atoms in total. The summed E-state index contributed by atoms with van der Waals surface area (Å²) in [6, 6.07) is 0. The number of ether oxygens (including phenoxy) is 3. The second kappa shape index (κ2) is 26.2. The van der Waals surface area contributed by atoms with Crippen LogP contribution in [0.25, 0.3) is 0 Å². The quantitative estimate of drug-likeness (QED) is 0.110. The van der Waals surface area contributed by atoms with Gasteiger partial charge < -0.3 is 36.2 Å². The number of quaternary nitrogens is 1. The van der Waals surface area contributed by atoms with Crippen LogP contribution in [0.15, 0.2) is 0 Å². The number of likely N-dealkylation sites (N-methyl/N-ethyl adjacent to an activating group) is 1. The van der Waals surface area contributed by atoms with E-state index in [0.717, 1.165) is 36.9 Å². The van der Waals surface area contributed by atoms with Gasteiger partial charge in [-0.2, -0.15) is 0 Å². The summed E-state index contributed by atoms with van der Waals surface area (Å²) in [6.07, 6.45) is 20.0. The molecule has 2 atom stereocenters. The van der Waals surface area contributed by atoms with Crippen LogP contribution in [0.2, 0.25) is 0 Å². The maximum atomic E-state index is 10.2. The van der Waals surface area contributed by atoms with Crippen LogP contribution in [-0.4, -0.2) is 76.1 Å². The van der Waals surface area contributed by atoms with E-state index >= 15 is 0 Å². The molecular formula is C28H60ClNO4. The Morgan fingerprint density at radius 1 is 0.647 bits per heavy atom. The van der Waals surface area contributed by atoms with Gasteiger partial charge in [-0.15, -0.1) is 0 Å². The predicted octanol–water partition coefficient (Wildman–Crippen LogP) is 3.71. The Balaban J connectivity index is 0. The monoisotopic (exact) mass is 509 g/mol. The first kappa shape index (κ1) is 36.2. The molecule has 0 saturated carbocycles. The van der Waals surface area contributed by atoms with Crippen LogP contribution in [-0.2, 0) is 14.2 Å². The highest BCUT2D eigenvalue weighted by Crippen LogP contribution is 2.14. The van der Waals surface area contributed by atoms with Crippen molar-refractivity contribution in [1.29, 1.82) is 0 Å². The lowest BCUT2D eigenvalue weighted by Crippen LogP contribution is -3.00. The van der Waals surface area contributed by atoms with Crippen LogP contribution < -0.4 is 12.4 Å². The number of rotatable bonds is 26. The molecule has 0 aliphatic carbocycles. The smallest absolute Gasteiger partial charge is 0.157 e. The van der Waals surface area contributed by atoms with Crippen LogP contribution in [0.4, 0.5) is 0 Å². The minimum absolute atomic E-state index is 0. The number of hydrogen-bond acceptors (Lipinski definition) is 4. The Labute approximate surface area is 219 Å². The zero-order valence-electron chi connectivity index (χ0n) is 23.5. The van der Waals surface area contributed by atoms with E-state index in [1.807, 2.05) is 6.92 Å². The Kier molecular flexibility index (Phi) is 27.9. The van der Waals surface area contributed by atoms with Gasteiger partial charge >= 0.3 is 0 Å². The fraction of sp³-hybridized carbons (Fsp3) is 1.00. The van der Waals surface area contributed by atoms with Crippen molar-refractivity contribution in [3.8, 4) is 0 Å². The molecule has 0 saturated heterocycles. The molecule has 0 fully saturated rings. The molecular weight excluding hydrogens is 450 g/mol. The number of aliphatic hydroxyl groups is 1. The van der Waals surface area contributed by atoms with Gasteiger partial charge in [0, 0.05) is 0 Å². The van der Waals surface area contributed by atoms with E-state index in [1.165, 1.54) is 83.5 Å². The molecule has 0 aliphatic rings. The molecule has 208 valence electrons. The molecule has 0 amide bonds. The first-order chi connectivity index (χ1) is 15.9. The summed E-state index contributed by atoms with van der Waals surface area (Å²) in [6.45, 7) is 7.53. The summed E-state index contributed by atoms with van der Waals surface area (Å²) in [5.74, 6) is 0. The normalized spacial score (nSPS) is 13.6. The number of halogens is 1. The predicted molar refractivity (Wildman–Crippen MR) is 141 cm³/mol. The summed E-state index contributed by atoms with van der Waals surface area (Å²) in [5.41, 5.74) is 0. The Morgan fingerprint density at radius 3 is 1.62 bits per heavy atom. The van der Waals surface area contributed by atoms with Crippen molar-refractivity contribution in [2.75, 3.05) is 54.1 Å². The fourth-order valence-corrected chi connectivity index (χ4v) is 3.84. The van der Waals surface area contributed by atoms with Gasteiger partial charge in [0.05, 0.1) is 53.7 Å². The number of unbranched alkanes of at least 4 members (excludes halogenated alkanes) is 13. The van der Waals surface area contributed by atoms with Crippen LogP contribution in [0, 0.1) is 0 Å². The molecule has 34 heavy (non-hydrogen) atoms. The van der Waals surface area contributed by atoms with Crippen molar-refractivity contribution >= 4 is 0 Å². The van der Waals surface area contributed by atoms with E-state index in [2.05, 4.69) is 28.1 Å². The number of nitrogens with zero attached hydrogens (tertiary/aromatic N) is 1. The Hall–Kier alpha value is 0.0900. The second-order valence-corrected chi connectivity index (χ2v) is 10.7. The first-order valence-electron chi connectivity index (χ1n) is 14.2. The zero-order valence-corrected chi connectivity index (χ0v) is 24.3. The van der Waals surface area contributed by atoms with Crippen molar-refractivity contribution in [3.63, 3.8) is 0 Å². The van der Waals surface area contributed by atoms with Crippen molar-refractivity contribution < 1.29 is 36.2 Å². The summed E-state index contributed by atoms with van der Waals surface area (Å²) in [7, 11) is 6.47. The van der Waals surface area contributed by atoms with Gasteiger partial charge in [-0.3, -0.25) is 0 Å². The highest BCUT2D eigenvalue weighted by molar-refractivity contribution is 4.56. The average Bonchev–Trinajstić information content (AvgIpc) is 2.77. The topological polar surface area (TPSA) is 47.9 Å². The largest absolute Gasteiger partial charge is 1.00 e. The number of aliphatic hydroxyl groups excluding tert-OH is 1. The molecule has 6 heteroatoms. The maximum absolute atomic E-state index is 10.2. The molecule has 0 rings (SSSR count). The van der Waals surface area contributed by atoms with Crippen LogP contribution in [0.1, 0.15) is 117 Å². The van der Waals surface area contributed by atoms with E-state index < -0.39 is 0 Å². The third kappa shape index (κ3) is 28.3. The molecule has 0 bridgehead atoms. The lowest BCUT2D eigenvalue weighted by molar-refractivity contribution is -0.870. The summed E-state index contributed by atoms with van der Waals surface area (Å²) < 4.78 is 18.0. The molecule has 0 aromatic carbocycles. The molecule has 0 aromatic rings. The highest BCUT2D eigenvalue weighted by atomic mass is 35.5. The van der Waals surface area contributed by atoms with Crippen molar-refractivity contribution in [3.05, 3.63) is 0 Å². The van der Waals surface area contributed by atoms with E-state index in [-0.39, 0.29) is 24.8 Å². The molecule has 1 N–H and O–H groups in total. The standard InChI is InChI=1S/C28H60NO4.ClH/c1-6-8-9-10-11-12-13-14-15-16-17-18-19-20-21-27(30)26-33-28(7-2)32-25-24-31-23-22-29(3,4)5;/h27-28,30H,6-26H2,1-5H3;1H/q+1;/p-1.